The second-order valence-electron chi connectivity index (χ2n) is 8.16. The van der Waals surface area contributed by atoms with Gasteiger partial charge in [-0.1, -0.05) is 11.6 Å². The van der Waals surface area contributed by atoms with E-state index in [4.69, 9.17) is 16.0 Å². The van der Waals surface area contributed by atoms with Crippen LogP contribution in [0.1, 0.15) is 24.5 Å². The molecule has 5 aromatic rings. The Morgan fingerprint density at radius 2 is 1.82 bits per heavy atom. The minimum absolute atomic E-state index is 0.0159. The minimum Gasteiger partial charge on any atom is -0.434 e. The fraction of sp³-hybridized carbons (Fsp3) is 0.167. The Balaban J connectivity index is 1.54. The van der Waals surface area contributed by atoms with E-state index in [0.717, 1.165) is 34.5 Å². The maximum atomic E-state index is 14.8. The van der Waals surface area contributed by atoms with Gasteiger partial charge < -0.3 is 4.42 Å². The van der Waals surface area contributed by atoms with E-state index < -0.39 is 11.5 Å². The van der Waals surface area contributed by atoms with Crippen LogP contribution in [0.5, 0.6) is 0 Å². The Kier molecular flexibility index (Phi) is 4.45. The first-order valence-corrected chi connectivity index (χ1v) is 10.8. The predicted molar refractivity (Wildman–Crippen MR) is 122 cm³/mol. The molecule has 2 aromatic carbocycles. The number of aromatic nitrogens is 5. The largest absolute Gasteiger partial charge is 0.434 e. The molecule has 3 aromatic heterocycles. The van der Waals surface area contributed by atoms with Crippen LogP contribution in [0.25, 0.3) is 39.5 Å². The zero-order valence-corrected chi connectivity index (χ0v) is 18.3. The molecule has 1 aliphatic rings. The lowest BCUT2D eigenvalue weighted by Gasteiger charge is -2.06. The van der Waals surface area contributed by atoms with E-state index in [2.05, 4.69) is 15.1 Å². The summed E-state index contributed by atoms with van der Waals surface area (Å²) < 4.78 is 23.7. The molecule has 0 atom stereocenters. The molecule has 0 bridgehead atoms. The smallest absolute Gasteiger partial charge is 0.353 e. The van der Waals surface area contributed by atoms with Gasteiger partial charge in [0.25, 0.3) is 0 Å². The summed E-state index contributed by atoms with van der Waals surface area (Å²) in [6.07, 6.45) is 4.72. The van der Waals surface area contributed by atoms with Gasteiger partial charge in [-0.15, -0.1) is 0 Å². The summed E-state index contributed by atoms with van der Waals surface area (Å²) in [6.45, 7) is 0. The van der Waals surface area contributed by atoms with Crippen molar-refractivity contribution < 1.29 is 8.81 Å². The van der Waals surface area contributed by atoms with Crippen molar-refractivity contribution in [3.05, 3.63) is 81.9 Å². The van der Waals surface area contributed by atoms with Gasteiger partial charge in [0.1, 0.15) is 0 Å². The van der Waals surface area contributed by atoms with Crippen LogP contribution in [0.4, 0.5) is 4.39 Å². The van der Waals surface area contributed by atoms with Gasteiger partial charge in [-0.05, 0) is 55.3 Å². The highest BCUT2D eigenvalue weighted by Crippen LogP contribution is 2.40. The summed E-state index contributed by atoms with van der Waals surface area (Å²) >= 11 is 6.04. The molecule has 1 saturated carbocycles. The first-order chi connectivity index (χ1) is 16.0. The van der Waals surface area contributed by atoms with E-state index in [1.807, 2.05) is 31.4 Å². The quantitative estimate of drug-likeness (QED) is 0.371. The summed E-state index contributed by atoms with van der Waals surface area (Å²) in [4.78, 5) is 21.4. The summed E-state index contributed by atoms with van der Waals surface area (Å²) in [7, 11) is 1.85. The number of fused-ring (bicyclic) bond motifs is 1. The van der Waals surface area contributed by atoms with Crippen LogP contribution >= 0.6 is 11.6 Å². The average Bonchev–Trinajstić information content (AvgIpc) is 3.43. The van der Waals surface area contributed by atoms with Crippen molar-refractivity contribution in [2.45, 2.75) is 18.8 Å². The van der Waals surface area contributed by atoms with Gasteiger partial charge in [0.15, 0.2) is 17.4 Å². The van der Waals surface area contributed by atoms with Crippen molar-refractivity contribution in [3.63, 3.8) is 0 Å². The highest BCUT2D eigenvalue weighted by atomic mass is 35.5. The molecule has 0 N–H and O–H groups in total. The van der Waals surface area contributed by atoms with Gasteiger partial charge in [0.05, 0.1) is 17.4 Å². The van der Waals surface area contributed by atoms with E-state index in [-0.39, 0.29) is 17.4 Å². The van der Waals surface area contributed by atoms with Gasteiger partial charge in [0, 0.05) is 40.7 Å². The molecule has 0 aliphatic heterocycles. The molecular formula is C24H17ClFN5O2. The first kappa shape index (κ1) is 19.9. The van der Waals surface area contributed by atoms with Crippen LogP contribution in [0.2, 0.25) is 5.02 Å². The number of nitrogens with zero attached hydrogens (tertiary/aromatic N) is 5. The number of hydrogen-bond donors (Lipinski definition) is 0. The Bertz CT molecular complexity index is 1580. The molecule has 33 heavy (non-hydrogen) atoms. The van der Waals surface area contributed by atoms with Crippen molar-refractivity contribution in [2.75, 3.05) is 0 Å². The van der Waals surface area contributed by atoms with Crippen molar-refractivity contribution >= 4 is 22.5 Å². The van der Waals surface area contributed by atoms with Crippen molar-refractivity contribution in [1.82, 2.24) is 24.3 Å². The number of hydrogen-bond acceptors (Lipinski definition) is 5. The summed E-state index contributed by atoms with van der Waals surface area (Å²) in [6, 6.07) is 12.6. The molecule has 0 radical (unpaired) electrons. The van der Waals surface area contributed by atoms with Gasteiger partial charge in [-0.25, -0.2) is 13.8 Å². The molecule has 1 aliphatic carbocycles. The van der Waals surface area contributed by atoms with Crippen LogP contribution in [-0.2, 0) is 7.05 Å². The van der Waals surface area contributed by atoms with Crippen LogP contribution in [0.3, 0.4) is 0 Å². The van der Waals surface area contributed by atoms with E-state index >= 15 is 0 Å². The summed E-state index contributed by atoms with van der Waals surface area (Å²) in [5.74, 6) is 0.259. The lowest BCUT2D eigenvalue weighted by Crippen LogP contribution is -2.24. The van der Waals surface area contributed by atoms with E-state index in [9.17, 15) is 9.18 Å². The standard InChI is InChI=1S/C24H17ClFN5O2/c1-30-11-16-10-15(6-9-19(16)29-30)23-28-22(21(33-23)14-4-7-17(25)8-5-14)31-12-18(26)20(13-2-3-13)27-24(31)32/h4-13H,2-3H2,1H3. The second-order valence-corrected chi connectivity index (χ2v) is 8.59. The zero-order valence-electron chi connectivity index (χ0n) is 17.5. The van der Waals surface area contributed by atoms with Crippen molar-refractivity contribution in [3.8, 4) is 28.6 Å². The molecule has 9 heteroatoms. The topological polar surface area (TPSA) is 78.7 Å². The molecule has 3 heterocycles. The summed E-state index contributed by atoms with van der Waals surface area (Å²) in [5, 5.41) is 5.85. The van der Waals surface area contributed by atoms with E-state index in [1.54, 1.807) is 28.9 Å². The Hall–Kier alpha value is -3.78. The lowest BCUT2D eigenvalue weighted by atomic mass is 10.1. The molecule has 7 nitrogen and oxygen atoms in total. The van der Waals surface area contributed by atoms with Gasteiger partial charge in [-0.3, -0.25) is 4.68 Å². The monoisotopic (exact) mass is 461 g/mol. The molecule has 1 fully saturated rings. The van der Waals surface area contributed by atoms with Gasteiger partial charge in [0.2, 0.25) is 5.89 Å². The third-order valence-corrected chi connectivity index (χ3v) is 5.94. The van der Waals surface area contributed by atoms with Gasteiger partial charge >= 0.3 is 5.69 Å². The third kappa shape index (κ3) is 3.52. The normalized spacial score (nSPS) is 13.7. The first-order valence-electron chi connectivity index (χ1n) is 10.5. The zero-order chi connectivity index (χ0) is 22.7. The van der Waals surface area contributed by atoms with Crippen LogP contribution in [-0.4, -0.2) is 24.3 Å². The third-order valence-electron chi connectivity index (χ3n) is 5.68. The van der Waals surface area contributed by atoms with E-state index in [0.29, 0.717) is 27.8 Å². The maximum absolute atomic E-state index is 14.8. The SMILES string of the molecule is Cn1cc2cc(-c3nc(-n4cc(F)c(C5CC5)nc4=O)c(-c4ccc(Cl)cc4)o3)ccc2n1. The fourth-order valence-corrected chi connectivity index (χ4v) is 4.04. The minimum atomic E-state index is -0.601. The van der Waals surface area contributed by atoms with Crippen LogP contribution in [0.15, 0.2) is 64.1 Å². The molecule has 164 valence electrons. The number of oxazole rings is 1. The second kappa shape index (κ2) is 7.38. The van der Waals surface area contributed by atoms with Crippen molar-refractivity contribution in [2.24, 2.45) is 7.05 Å². The maximum Gasteiger partial charge on any atom is 0.353 e. The number of benzene rings is 2. The highest BCUT2D eigenvalue weighted by molar-refractivity contribution is 6.30. The van der Waals surface area contributed by atoms with E-state index in [1.165, 1.54) is 0 Å². The Morgan fingerprint density at radius 3 is 2.58 bits per heavy atom. The fourth-order valence-electron chi connectivity index (χ4n) is 3.91. The van der Waals surface area contributed by atoms with Crippen LogP contribution < -0.4 is 5.69 Å². The predicted octanol–water partition coefficient (Wildman–Crippen LogP) is 5.11. The average molecular weight is 462 g/mol. The number of rotatable bonds is 4. The van der Waals surface area contributed by atoms with Gasteiger partial charge in [-0.2, -0.15) is 15.1 Å². The molecule has 0 spiro atoms. The lowest BCUT2D eigenvalue weighted by molar-refractivity contribution is 0.574. The number of halogens is 2. The highest BCUT2D eigenvalue weighted by Gasteiger charge is 2.30. The van der Waals surface area contributed by atoms with Crippen LogP contribution in [0, 0.1) is 5.82 Å². The number of aryl methyl sites for hydroxylation is 1. The molecule has 0 saturated heterocycles. The molecule has 6 rings (SSSR count). The summed E-state index contributed by atoms with van der Waals surface area (Å²) in [5.41, 5.74) is 1.80. The Labute approximate surface area is 192 Å². The molecule has 0 unspecified atom stereocenters. The molecular weight excluding hydrogens is 445 g/mol. The Morgan fingerprint density at radius 1 is 1.06 bits per heavy atom. The molecule has 0 amide bonds. The van der Waals surface area contributed by atoms with Crippen molar-refractivity contribution in [1.29, 1.82) is 0 Å².